The van der Waals surface area contributed by atoms with E-state index in [0.717, 1.165) is 17.3 Å². The van der Waals surface area contributed by atoms with Crippen LogP contribution in [0.15, 0.2) is 48.5 Å². The Morgan fingerprint density at radius 1 is 0.964 bits per heavy atom. The minimum absolute atomic E-state index is 0.167. The molecule has 0 aromatic heterocycles. The summed E-state index contributed by atoms with van der Waals surface area (Å²) in [6.07, 6.45) is -4.40. The van der Waals surface area contributed by atoms with Crippen molar-refractivity contribution in [3.05, 3.63) is 59.7 Å². The number of alkyl halides is 3. The first-order chi connectivity index (χ1) is 13.3. The maximum Gasteiger partial charge on any atom is 0.418 e. The summed E-state index contributed by atoms with van der Waals surface area (Å²) in [7, 11) is 0. The summed E-state index contributed by atoms with van der Waals surface area (Å²) >= 11 is 0. The van der Waals surface area contributed by atoms with Gasteiger partial charge in [0, 0.05) is 37.6 Å². The highest BCUT2D eigenvalue weighted by Gasteiger charge is 2.35. The standard InChI is InChI=1S/C21H24F3N3O/c1-15(2)16-7-3-5-9-18(16)25-20(28)27-13-11-26(12-14-27)19-10-6-4-8-17(19)21(22,23)24/h3-10,15H,11-14H2,1-2H3,(H,25,28). The number of amides is 2. The number of urea groups is 1. The van der Waals surface area contributed by atoms with Crippen molar-refractivity contribution in [2.45, 2.75) is 25.9 Å². The van der Waals surface area contributed by atoms with E-state index >= 15 is 0 Å². The number of anilines is 2. The second-order valence-electron chi connectivity index (χ2n) is 7.16. The van der Waals surface area contributed by atoms with Crippen molar-refractivity contribution < 1.29 is 18.0 Å². The summed E-state index contributed by atoms with van der Waals surface area (Å²) in [5.74, 6) is 0.271. The van der Waals surface area contributed by atoms with Crippen molar-refractivity contribution in [1.29, 1.82) is 0 Å². The molecule has 150 valence electrons. The van der Waals surface area contributed by atoms with Crippen molar-refractivity contribution in [3.63, 3.8) is 0 Å². The zero-order valence-corrected chi connectivity index (χ0v) is 16.0. The van der Waals surface area contributed by atoms with Crippen LogP contribution >= 0.6 is 0 Å². The van der Waals surface area contributed by atoms with Gasteiger partial charge in [-0.05, 0) is 29.7 Å². The smallest absolute Gasteiger partial charge is 0.367 e. The molecule has 0 saturated carbocycles. The number of carbonyl (C=O) groups is 1. The normalized spacial score (nSPS) is 15.1. The Labute approximate surface area is 162 Å². The van der Waals surface area contributed by atoms with Gasteiger partial charge in [-0.3, -0.25) is 0 Å². The van der Waals surface area contributed by atoms with E-state index < -0.39 is 11.7 Å². The van der Waals surface area contributed by atoms with Crippen LogP contribution in [0.3, 0.4) is 0 Å². The number of carbonyl (C=O) groups excluding carboxylic acids is 1. The van der Waals surface area contributed by atoms with E-state index in [9.17, 15) is 18.0 Å². The summed E-state index contributed by atoms with van der Waals surface area (Å²) < 4.78 is 39.8. The van der Waals surface area contributed by atoms with Crippen LogP contribution in [0.1, 0.15) is 30.9 Å². The Kier molecular flexibility index (Phi) is 5.82. The third-order valence-electron chi connectivity index (χ3n) is 4.94. The van der Waals surface area contributed by atoms with Gasteiger partial charge in [-0.1, -0.05) is 44.2 Å². The fraction of sp³-hybridized carbons (Fsp3) is 0.381. The zero-order chi connectivity index (χ0) is 20.3. The first-order valence-corrected chi connectivity index (χ1v) is 9.33. The van der Waals surface area contributed by atoms with Crippen LogP contribution in [0.25, 0.3) is 0 Å². The molecule has 0 unspecified atom stereocenters. The monoisotopic (exact) mass is 391 g/mol. The van der Waals surface area contributed by atoms with Crippen molar-refractivity contribution in [1.82, 2.24) is 4.90 Å². The minimum atomic E-state index is -4.40. The molecule has 28 heavy (non-hydrogen) atoms. The lowest BCUT2D eigenvalue weighted by molar-refractivity contribution is -0.137. The van der Waals surface area contributed by atoms with Gasteiger partial charge in [0.15, 0.2) is 0 Å². The highest BCUT2D eigenvalue weighted by atomic mass is 19.4. The molecule has 0 radical (unpaired) electrons. The molecular weight excluding hydrogens is 367 g/mol. The predicted molar refractivity (Wildman–Crippen MR) is 105 cm³/mol. The maximum absolute atomic E-state index is 13.3. The summed E-state index contributed by atoms with van der Waals surface area (Å²) in [4.78, 5) is 16.0. The predicted octanol–water partition coefficient (Wildman–Crippen LogP) is 5.18. The van der Waals surface area contributed by atoms with Crippen LogP contribution in [-0.2, 0) is 6.18 Å². The van der Waals surface area contributed by atoms with Gasteiger partial charge in [-0.15, -0.1) is 0 Å². The Morgan fingerprint density at radius 3 is 2.21 bits per heavy atom. The summed E-state index contributed by atoms with van der Waals surface area (Å²) in [5, 5.41) is 2.94. The highest BCUT2D eigenvalue weighted by Crippen LogP contribution is 2.36. The first kappa shape index (κ1) is 20.0. The SMILES string of the molecule is CC(C)c1ccccc1NC(=O)N1CCN(c2ccccc2C(F)(F)F)CC1. The van der Waals surface area contributed by atoms with Gasteiger partial charge in [0.2, 0.25) is 0 Å². The Morgan fingerprint density at radius 2 is 1.57 bits per heavy atom. The van der Waals surface area contributed by atoms with Crippen molar-refractivity contribution in [2.75, 3.05) is 36.4 Å². The number of para-hydroxylation sites is 2. The number of hydrogen-bond donors (Lipinski definition) is 1. The molecule has 1 heterocycles. The van der Waals surface area contributed by atoms with E-state index in [1.807, 2.05) is 24.3 Å². The summed E-state index contributed by atoms with van der Waals surface area (Å²) in [5.41, 5.74) is 1.35. The number of nitrogens with one attached hydrogen (secondary N) is 1. The number of benzene rings is 2. The van der Waals surface area contributed by atoms with E-state index in [-0.39, 0.29) is 17.6 Å². The molecule has 0 atom stereocenters. The maximum atomic E-state index is 13.3. The summed E-state index contributed by atoms with van der Waals surface area (Å²) in [6.45, 7) is 5.55. The Bertz CT molecular complexity index is 828. The van der Waals surface area contributed by atoms with Crippen LogP contribution in [0, 0.1) is 0 Å². The third kappa shape index (κ3) is 4.40. The molecule has 2 aromatic rings. The van der Waals surface area contributed by atoms with Crippen LogP contribution in [-0.4, -0.2) is 37.1 Å². The summed E-state index contributed by atoms with van der Waals surface area (Å²) in [6, 6.07) is 13.0. The highest BCUT2D eigenvalue weighted by molar-refractivity contribution is 5.90. The molecule has 3 rings (SSSR count). The van der Waals surface area contributed by atoms with Crippen LogP contribution < -0.4 is 10.2 Å². The first-order valence-electron chi connectivity index (χ1n) is 9.33. The van der Waals surface area contributed by atoms with Crippen molar-refractivity contribution in [2.24, 2.45) is 0 Å². The molecule has 2 amide bonds. The molecule has 0 bridgehead atoms. The van der Waals surface area contributed by atoms with Crippen LogP contribution in [0.2, 0.25) is 0 Å². The van der Waals surface area contributed by atoms with E-state index in [4.69, 9.17) is 0 Å². The van der Waals surface area contributed by atoms with E-state index in [1.165, 1.54) is 12.1 Å². The molecule has 1 N–H and O–H groups in total. The Balaban J connectivity index is 1.66. The molecule has 0 spiro atoms. The van der Waals surface area contributed by atoms with E-state index in [1.54, 1.807) is 15.9 Å². The zero-order valence-electron chi connectivity index (χ0n) is 16.0. The van der Waals surface area contributed by atoms with Gasteiger partial charge in [0.1, 0.15) is 0 Å². The lowest BCUT2D eigenvalue weighted by atomic mass is 10.0. The average molecular weight is 391 g/mol. The van der Waals surface area contributed by atoms with Crippen LogP contribution in [0.4, 0.5) is 29.3 Å². The second-order valence-corrected chi connectivity index (χ2v) is 7.16. The minimum Gasteiger partial charge on any atom is -0.367 e. The molecule has 2 aromatic carbocycles. The number of rotatable bonds is 3. The van der Waals surface area contributed by atoms with E-state index in [0.29, 0.717) is 26.2 Å². The van der Waals surface area contributed by atoms with Gasteiger partial charge in [-0.25, -0.2) is 4.79 Å². The third-order valence-corrected chi connectivity index (χ3v) is 4.94. The molecule has 4 nitrogen and oxygen atoms in total. The molecule has 1 fully saturated rings. The van der Waals surface area contributed by atoms with Gasteiger partial charge >= 0.3 is 12.2 Å². The lowest BCUT2D eigenvalue weighted by Gasteiger charge is -2.37. The van der Waals surface area contributed by atoms with Gasteiger partial charge in [-0.2, -0.15) is 13.2 Å². The molecule has 0 aliphatic carbocycles. The quantitative estimate of drug-likeness (QED) is 0.782. The fourth-order valence-electron chi connectivity index (χ4n) is 3.45. The lowest BCUT2D eigenvalue weighted by Crippen LogP contribution is -2.50. The number of piperazine rings is 1. The number of halogens is 3. The number of hydrogen-bond acceptors (Lipinski definition) is 2. The van der Waals surface area contributed by atoms with Gasteiger partial charge in [0.05, 0.1) is 5.56 Å². The average Bonchev–Trinajstić information content (AvgIpc) is 2.67. The fourth-order valence-corrected chi connectivity index (χ4v) is 3.45. The number of nitrogens with zero attached hydrogens (tertiary/aromatic N) is 2. The van der Waals surface area contributed by atoms with Gasteiger partial charge in [0.25, 0.3) is 0 Å². The Hall–Kier alpha value is -2.70. The van der Waals surface area contributed by atoms with E-state index in [2.05, 4.69) is 19.2 Å². The van der Waals surface area contributed by atoms with Crippen LogP contribution in [0.5, 0.6) is 0 Å². The topological polar surface area (TPSA) is 35.6 Å². The van der Waals surface area contributed by atoms with Crippen molar-refractivity contribution >= 4 is 17.4 Å². The second kappa shape index (κ2) is 8.12. The van der Waals surface area contributed by atoms with Gasteiger partial charge < -0.3 is 15.1 Å². The largest absolute Gasteiger partial charge is 0.418 e. The molecule has 7 heteroatoms. The molecule has 1 saturated heterocycles. The molecular formula is C21H24F3N3O. The molecule has 1 aliphatic rings. The molecule has 1 aliphatic heterocycles. The van der Waals surface area contributed by atoms with Crippen molar-refractivity contribution in [3.8, 4) is 0 Å².